The average molecular weight is 384 g/mol. The molecular weight excluding hydrogens is 364 g/mol. The highest BCUT2D eigenvalue weighted by molar-refractivity contribution is 5.96. The minimum absolute atomic E-state index is 0.111. The zero-order chi connectivity index (χ0) is 19.9. The van der Waals surface area contributed by atoms with Crippen LogP contribution in [-0.4, -0.2) is 49.7 Å². The van der Waals surface area contributed by atoms with E-state index in [9.17, 15) is 14.4 Å². The summed E-state index contributed by atoms with van der Waals surface area (Å²) in [6.07, 6.45) is 0. The number of fused-ring (bicyclic) bond motifs is 1. The molecule has 0 saturated carbocycles. The van der Waals surface area contributed by atoms with Crippen LogP contribution in [0.1, 0.15) is 15.9 Å². The van der Waals surface area contributed by atoms with Gasteiger partial charge < -0.3 is 24.4 Å². The normalized spacial score (nSPS) is 11.6. The van der Waals surface area contributed by atoms with Crippen molar-refractivity contribution in [2.24, 2.45) is 0 Å². The quantitative estimate of drug-likeness (QED) is 0.724. The maximum Gasteiger partial charge on any atom is 0.325 e. The first-order chi connectivity index (χ1) is 13.5. The highest BCUT2D eigenvalue weighted by Crippen LogP contribution is 2.32. The molecule has 0 aliphatic carbocycles. The summed E-state index contributed by atoms with van der Waals surface area (Å²) in [6.45, 7) is -0.206. The number of benzene rings is 2. The molecule has 0 unspecified atom stereocenters. The third-order valence-electron chi connectivity index (χ3n) is 4.07. The topological polar surface area (TPSA) is 94.2 Å². The molecule has 0 aromatic heterocycles. The Morgan fingerprint density at radius 1 is 1.07 bits per heavy atom. The van der Waals surface area contributed by atoms with Crippen molar-refractivity contribution in [1.82, 2.24) is 10.2 Å². The molecule has 2 aromatic rings. The second-order valence-corrected chi connectivity index (χ2v) is 6.15. The van der Waals surface area contributed by atoms with Gasteiger partial charge in [-0.3, -0.25) is 14.4 Å². The maximum atomic E-state index is 12.1. The Hall–Kier alpha value is -3.55. The number of likely N-dealkylation sites (N-methyl/N-ethyl adjacent to an activating group) is 1. The van der Waals surface area contributed by atoms with E-state index in [1.54, 1.807) is 19.2 Å². The van der Waals surface area contributed by atoms with E-state index in [2.05, 4.69) is 5.32 Å². The van der Waals surface area contributed by atoms with Gasteiger partial charge in [-0.15, -0.1) is 0 Å². The molecule has 0 spiro atoms. The van der Waals surface area contributed by atoms with Crippen molar-refractivity contribution in [2.75, 3.05) is 27.0 Å². The molecular formula is C20H20N2O6. The van der Waals surface area contributed by atoms with Crippen LogP contribution in [0.2, 0.25) is 0 Å². The molecule has 2 amide bonds. The van der Waals surface area contributed by atoms with Gasteiger partial charge in [-0.2, -0.15) is 0 Å². The fraction of sp³-hybridized carbons (Fsp3) is 0.250. The number of carbonyl (C=O) groups is 3. The lowest BCUT2D eigenvalue weighted by atomic mass is 10.2. The van der Waals surface area contributed by atoms with E-state index in [1.165, 1.54) is 11.0 Å². The zero-order valence-corrected chi connectivity index (χ0v) is 15.3. The molecule has 0 fully saturated rings. The molecule has 0 atom stereocenters. The number of hydrogen-bond acceptors (Lipinski definition) is 6. The third-order valence-corrected chi connectivity index (χ3v) is 4.07. The molecule has 0 bridgehead atoms. The Labute approximate surface area is 162 Å². The molecule has 2 aromatic carbocycles. The summed E-state index contributed by atoms with van der Waals surface area (Å²) in [6, 6.07) is 14.2. The minimum Gasteiger partial charge on any atom is -0.454 e. The predicted molar refractivity (Wildman–Crippen MR) is 98.8 cm³/mol. The smallest absolute Gasteiger partial charge is 0.325 e. The van der Waals surface area contributed by atoms with E-state index >= 15 is 0 Å². The van der Waals surface area contributed by atoms with Gasteiger partial charge in [0.05, 0.1) is 0 Å². The van der Waals surface area contributed by atoms with E-state index in [0.717, 1.165) is 5.56 Å². The lowest BCUT2D eigenvalue weighted by molar-refractivity contribution is -0.150. The van der Waals surface area contributed by atoms with Crippen LogP contribution in [0.5, 0.6) is 11.5 Å². The summed E-state index contributed by atoms with van der Waals surface area (Å²) in [7, 11) is 1.63. The summed E-state index contributed by atoms with van der Waals surface area (Å²) >= 11 is 0. The minimum atomic E-state index is -0.699. The number of rotatable bonds is 7. The van der Waals surface area contributed by atoms with Gasteiger partial charge in [0, 0.05) is 19.2 Å². The fourth-order valence-electron chi connectivity index (χ4n) is 2.54. The molecule has 0 radical (unpaired) electrons. The monoisotopic (exact) mass is 384 g/mol. The Morgan fingerprint density at radius 3 is 2.61 bits per heavy atom. The first-order valence-corrected chi connectivity index (χ1v) is 8.64. The number of ether oxygens (including phenoxy) is 3. The fourth-order valence-corrected chi connectivity index (χ4v) is 2.54. The lowest BCUT2D eigenvalue weighted by Gasteiger charge is -2.17. The highest BCUT2D eigenvalue weighted by Gasteiger charge is 2.17. The first-order valence-electron chi connectivity index (χ1n) is 8.64. The molecule has 28 heavy (non-hydrogen) atoms. The van der Waals surface area contributed by atoms with Crippen LogP contribution in [0, 0.1) is 0 Å². The first kappa shape index (κ1) is 19.2. The number of carbonyl (C=O) groups excluding carboxylic acids is 3. The van der Waals surface area contributed by atoms with Crippen LogP contribution < -0.4 is 14.8 Å². The summed E-state index contributed by atoms with van der Waals surface area (Å²) in [5.41, 5.74) is 1.30. The highest BCUT2D eigenvalue weighted by atomic mass is 16.7. The molecule has 8 heteroatoms. The SMILES string of the molecule is CN(Cc1ccccc1)C(=O)COC(=O)CNC(=O)c1ccc2c(c1)OCO2. The van der Waals surface area contributed by atoms with Crippen molar-refractivity contribution in [2.45, 2.75) is 6.54 Å². The molecule has 1 N–H and O–H groups in total. The van der Waals surface area contributed by atoms with Gasteiger partial charge in [-0.05, 0) is 23.8 Å². The van der Waals surface area contributed by atoms with E-state index in [4.69, 9.17) is 14.2 Å². The van der Waals surface area contributed by atoms with Crippen LogP contribution in [0.15, 0.2) is 48.5 Å². The number of amides is 2. The standard InChI is InChI=1S/C20H20N2O6/c1-22(11-14-5-3-2-4-6-14)18(23)12-26-19(24)10-21-20(25)15-7-8-16-17(9-15)28-13-27-16/h2-9H,10-13H2,1H3,(H,21,25). The second kappa shape index (κ2) is 8.90. The van der Waals surface area contributed by atoms with Crippen LogP contribution in [-0.2, 0) is 20.9 Å². The summed E-state index contributed by atoms with van der Waals surface area (Å²) in [5.74, 6) is -0.450. The van der Waals surface area contributed by atoms with Gasteiger partial charge in [-0.25, -0.2) is 0 Å². The van der Waals surface area contributed by atoms with Crippen molar-refractivity contribution in [3.8, 4) is 11.5 Å². The van der Waals surface area contributed by atoms with Gasteiger partial charge in [0.2, 0.25) is 6.79 Å². The summed E-state index contributed by atoms with van der Waals surface area (Å²) in [5, 5.41) is 2.45. The van der Waals surface area contributed by atoms with Crippen LogP contribution >= 0.6 is 0 Å². The van der Waals surface area contributed by atoms with Crippen molar-refractivity contribution in [3.63, 3.8) is 0 Å². The Bertz CT molecular complexity index is 868. The number of hydrogen-bond donors (Lipinski definition) is 1. The lowest BCUT2D eigenvalue weighted by Crippen LogP contribution is -2.34. The van der Waals surface area contributed by atoms with Crippen LogP contribution in [0.3, 0.4) is 0 Å². The van der Waals surface area contributed by atoms with E-state index in [-0.39, 0.29) is 25.9 Å². The second-order valence-electron chi connectivity index (χ2n) is 6.15. The zero-order valence-electron chi connectivity index (χ0n) is 15.3. The Morgan fingerprint density at radius 2 is 1.82 bits per heavy atom. The van der Waals surface area contributed by atoms with Gasteiger partial charge in [0.15, 0.2) is 18.1 Å². The van der Waals surface area contributed by atoms with Crippen molar-refractivity contribution >= 4 is 17.8 Å². The van der Waals surface area contributed by atoms with Crippen molar-refractivity contribution in [1.29, 1.82) is 0 Å². The Balaban J connectivity index is 1.40. The molecule has 1 aliphatic rings. The summed E-state index contributed by atoms with van der Waals surface area (Å²) < 4.78 is 15.3. The average Bonchev–Trinajstić information content (AvgIpc) is 3.18. The van der Waals surface area contributed by atoms with E-state index in [0.29, 0.717) is 23.6 Å². The predicted octanol–water partition coefficient (Wildman–Crippen LogP) is 1.35. The van der Waals surface area contributed by atoms with Crippen molar-refractivity contribution in [3.05, 3.63) is 59.7 Å². The molecule has 8 nitrogen and oxygen atoms in total. The van der Waals surface area contributed by atoms with E-state index in [1.807, 2.05) is 30.3 Å². The van der Waals surface area contributed by atoms with Crippen LogP contribution in [0.4, 0.5) is 0 Å². The number of nitrogens with zero attached hydrogens (tertiary/aromatic N) is 1. The van der Waals surface area contributed by atoms with E-state index < -0.39 is 11.9 Å². The van der Waals surface area contributed by atoms with Gasteiger partial charge in [0.1, 0.15) is 6.54 Å². The number of nitrogens with one attached hydrogen (secondary N) is 1. The maximum absolute atomic E-state index is 12.1. The number of esters is 1. The molecule has 0 saturated heterocycles. The summed E-state index contributed by atoms with van der Waals surface area (Å²) in [4.78, 5) is 37.4. The molecule has 1 heterocycles. The van der Waals surface area contributed by atoms with Crippen molar-refractivity contribution < 1.29 is 28.6 Å². The third kappa shape index (κ3) is 5.00. The molecule has 1 aliphatic heterocycles. The largest absolute Gasteiger partial charge is 0.454 e. The van der Waals surface area contributed by atoms with Gasteiger partial charge in [-0.1, -0.05) is 30.3 Å². The Kier molecular flexibility index (Phi) is 6.11. The molecule has 3 rings (SSSR count). The van der Waals surface area contributed by atoms with Gasteiger partial charge >= 0.3 is 5.97 Å². The van der Waals surface area contributed by atoms with Crippen LogP contribution in [0.25, 0.3) is 0 Å². The van der Waals surface area contributed by atoms with Gasteiger partial charge in [0.25, 0.3) is 11.8 Å². The molecule has 146 valence electrons.